The molecule has 0 saturated heterocycles. The predicted octanol–water partition coefficient (Wildman–Crippen LogP) is 4.07. The Hall–Kier alpha value is -0.200. The highest BCUT2D eigenvalue weighted by Crippen LogP contribution is 2.20. The Balaban J connectivity index is 0.00000324. The van der Waals surface area contributed by atoms with Crippen molar-refractivity contribution in [2.45, 2.75) is 32.9 Å². The highest BCUT2D eigenvalue weighted by molar-refractivity contribution is 14.0. The zero-order chi connectivity index (χ0) is 13.5. The van der Waals surface area contributed by atoms with Crippen molar-refractivity contribution >= 4 is 53.1 Å². The Morgan fingerprint density at radius 1 is 1.37 bits per heavy atom. The van der Waals surface area contributed by atoms with E-state index in [1.54, 1.807) is 13.1 Å². The molecule has 6 heteroatoms. The average Bonchev–Trinajstić information content (AvgIpc) is 2.35. The summed E-state index contributed by atoms with van der Waals surface area (Å²) in [6, 6.07) is 5.87. The fraction of sp³-hybridized carbons (Fsp3) is 0.462. The van der Waals surface area contributed by atoms with E-state index in [-0.39, 0.29) is 24.0 Å². The number of rotatable bonds is 4. The Morgan fingerprint density at radius 3 is 2.58 bits per heavy atom. The van der Waals surface area contributed by atoms with Crippen molar-refractivity contribution in [3.8, 4) is 0 Å². The number of guanidine groups is 1. The molecule has 0 saturated carbocycles. The van der Waals surface area contributed by atoms with Gasteiger partial charge in [-0.05, 0) is 31.0 Å². The average molecular weight is 416 g/mol. The number of aliphatic imine (C=N–C) groups is 1. The molecule has 0 aliphatic heterocycles. The molecule has 0 heterocycles. The van der Waals surface area contributed by atoms with Crippen LogP contribution in [0.5, 0.6) is 0 Å². The number of benzene rings is 1. The van der Waals surface area contributed by atoms with E-state index in [1.807, 2.05) is 12.1 Å². The molecule has 0 radical (unpaired) electrons. The van der Waals surface area contributed by atoms with Crippen molar-refractivity contribution in [3.63, 3.8) is 0 Å². The van der Waals surface area contributed by atoms with Gasteiger partial charge < -0.3 is 10.6 Å². The van der Waals surface area contributed by atoms with Crippen molar-refractivity contribution in [1.29, 1.82) is 0 Å². The van der Waals surface area contributed by atoms with E-state index in [4.69, 9.17) is 23.2 Å². The van der Waals surface area contributed by atoms with Gasteiger partial charge in [0.15, 0.2) is 5.96 Å². The molecule has 0 aliphatic carbocycles. The number of nitrogens with one attached hydrogen (secondary N) is 2. The Labute approximate surface area is 142 Å². The van der Waals surface area contributed by atoms with Gasteiger partial charge in [-0.25, -0.2) is 0 Å². The Bertz CT molecular complexity index is 424. The summed E-state index contributed by atoms with van der Waals surface area (Å²) < 4.78 is 0. The largest absolute Gasteiger partial charge is 0.354 e. The van der Waals surface area contributed by atoms with Gasteiger partial charge in [-0.2, -0.15) is 0 Å². The SMILES string of the molecule is CCC(C)NC(=NC)NCc1ccc(Cl)cc1Cl.I. The minimum atomic E-state index is 0. The van der Waals surface area contributed by atoms with Gasteiger partial charge in [0.2, 0.25) is 0 Å². The third kappa shape index (κ3) is 6.68. The van der Waals surface area contributed by atoms with Crippen molar-refractivity contribution in [2.75, 3.05) is 7.05 Å². The van der Waals surface area contributed by atoms with E-state index in [2.05, 4.69) is 29.5 Å². The molecule has 1 rings (SSSR count). The van der Waals surface area contributed by atoms with Crippen LogP contribution >= 0.6 is 47.2 Å². The summed E-state index contributed by atoms with van der Waals surface area (Å²) in [4.78, 5) is 4.16. The lowest BCUT2D eigenvalue weighted by Gasteiger charge is -2.16. The van der Waals surface area contributed by atoms with Crippen LogP contribution in [0.1, 0.15) is 25.8 Å². The smallest absolute Gasteiger partial charge is 0.191 e. The molecule has 0 amide bonds. The first-order chi connectivity index (χ1) is 8.56. The second-order valence-electron chi connectivity index (χ2n) is 4.12. The van der Waals surface area contributed by atoms with Crippen LogP contribution in [0.15, 0.2) is 23.2 Å². The topological polar surface area (TPSA) is 36.4 Å². The molecule has 19 heavy (non-hydrogen) atoms. The Kier molecular flexibility index (Phi) is 9.56. The molecule has 108 valence electrons. The van der Waals surface area contributed by atoms with E-state index in [9.17, 15) is 0 Å². The summed E-state index contributed by atoms with van der Waals surface area (Å²) in [7, 11) is 1.75. The number of hydrogen-bond acceptors (Lipinski definition) is 1. The van der Waals surface area contributed by atoms with E-state index in [0.717, 1.165) is 17.9 Å². The summed E-state index contributed by atoms with van der Waals surface area (Å²) in [5, 5.41) is 7.82. The second-order valence-corrected chi connectivity index (χ2v) is 4.96. The van der Waals surface area contributed by atoms with Crippen LogP contribution in [0, 0.1) is 0 Å². The van der Waals surface area contributed by atoms with Gasteiger partial charge in [-0.1, -0.05) is 36.2 Å². The molecule has 0 spiro atoms. The van der Waals surface area contributed by atoms with Gasteiger partial charge in [0.1, 0.15) is 0 Å². The van der Waals surface area contributed by atoms with Crippen LogP contribution in [0.25, 0.3) is 0 Å². The van der Waals surface area contributed by atoms with Crippen LogP contribution in [-0.4, -0.2) is 19.0 Å². The minimum Gasteiger partial charge on any atom is -0.354 e. The third-order valence-corrected chi connectivity index (χ3v) is 3.27. The lowest BCUT2D eigenvalue weighted by atomic mass is 10.2. The van der Waals surface area contributed by atoms with Crippen LogP contribution in [0.4, 0.5) is 0 Å². The molecule has 0 fully saturated rings. The maximum Gasteiger partial charge on any atom is 0.191 e. The molecule has 3 nitrogen and oxygen atoms in total. The summed E-state index contributed by atoms with van der Waals surface area (Å²) >= 11 is 12.0. The van der Waals surface area contributed by atoms with Crippen molar-refractivity contribution in [1.82, 2.24) is 10.6 Å². The highest BCUT2D eigenvalue weighted by atomic mass is 127. The van der Waals surface area contributed by atoms with E-state index in [1.165, 1.54) is 0 Å². The molecule has 0 bridgehead atoms. The van der Waals surface area contributed by atoms with Crippen LogP contribution < -0.4 is 10.6 Å². The van der Waals surface area contributed by atoms with Crippen molar-refractivity contribution in [3.05, 3.63) is 33.8 Å². The van der Waals surface area contributed by atoms with Gasteiger partial charge in [0.25, 0.3) is 0 Å². The molecular weight excluding hydrogens is 396 g/mol. The highest BCUT2D eigenvalue weighted by Gasteiger charge is 2.05. The molecule has 1 aromatic carbocycles. The first-order valence-corrected chi connectivity index (χ1v) is 6.73. The van der Waals surface area contributed by atoms with Crippen molar-refractivity contribution in [2.24, 2.45) is 4.99 Å². The van der Waals surface area contributed by atoms with Gasteiger partial charge in [0.05, 0.1) is 0 Å². The molecule has 0 aromatic heterocycles. The lowest BCUT2D eigenvalue weighted by Crippen LogP contribution is -2.41. The van der Waals surface area contributed by atoms with E-state index < -0.39 is 0 Å². The lowest BCUT2D eigenvalue weighted by molar-refractivity contribution is 0.624. The Morgan fingerprint density at radius 2 is 2.05 bits per heavy atom. The summed E-state index contributed by atoms with van der Waals surface area (Å²) in [6.45, 7) is 4.86. The van der Waals surface area contributed by atoms with E-state index >= 15 is 0 Å². The zero-order valence-electron chi connectivity index (χ0n) is 11.3. The third-order valence-electron chi connectivity index (χ3n) is 2.68. The van der Waals surface area contributed by atoms with Crippen molar-refractivity contribution < 1.29 is 0 Å². The molecule has 1 aromatic rings. The second kappa shape index (κ2) is 9.66. The predicted molar refractivity (Wildman–Crippen MR) is 95.0 cm³/mol. The molecule has 0 aliphatic rings. The normalized spacial score (nSPS) is 12.6. The molecule has 2 N–H and O–H groups in total. The maximum atomic E-state index is 6.10. The number of nitrogens with zero attached hydrogens (tertiary/aromatic N) is 1. The summed E-state index contributed by atoms with van der Waals surface area (Å²) in [5.74, 6) is 0.773. The molecule has 1 unspecified atom stereocenters. The zero-order valence-corrected chi connectivity index (χ0v) is 15.2. The first-order valence-electron chi connectivity index (χ1n) is 5.98. The monoisotopic (exact) mass is 415 g/mol. The van der Waals surface area contributed by atoms with Gasteiger partial charge >= 0.3 is 0 Å². The number of halogens is 3. The fourth-order valence-corrected chi connectivity index (χ4v) is 1.85. The van der Waals surface area contributed by atoms with Gasteiger partial charge in [-0.15, -0.1) is 24.0 Å². The molecular formula is C13H20Cl2IN3. The number of hydrogen-bond donors (Lipinski definition) is 2. The first kappa shape index (κ1) is 18.8. The van der Waals surface area contributed by atoms with Gasteiger partial charge in [-0.3, -0.25) is 4.99 Å². The van der Waals surface area contributed by atoms with Crippen LogP contribution in [0.2, 0.25) is 10.0 Å². The quantitative estimate of drug-likeness (QED) is 0.441. The maximum absolute atomic E-state index is 6.10. The standard InChI is InChI=1S/C13H19Cl2N3.HI/c1-4-9(2)18-13(16-3)17-8-10-5-6-11(14)7-12(10)15;/h5-7,9H,4,8H2,1-3H3,(H2,16,17,18);1H. The molecule has 1 atom stereocenters. The summed E-state index contributed by atoms with van der Waals surface area (Å²) in [6.07, 6.45) is 1.04. The fourth-order valence-electron chi connectivity index (χ4n) is 1.37. The van der Waals surface area contributed by atoms with Crippen LogP contribution in [-0.2, 0) is 6.54 Å². The van der Waals surface area contributed by atoms with Gasteiger partial charge in [0, 0.05) is 29.7 Å². The minimum absolute atomic E-state index is 0. The van der Waals surface area contributed by atoms with Crippen LogP contribution in [0.3, 0.4) is 0 Å². The van der Waals surface area contributed by atoms with E-state index in [0.29, 0.717) is 22.6 Å². The summed E-state index contributed by atoms with van der Waals surface area (Å²) in [5.41, 5.74) is 0.994.